The van der Waals surface area contributed by atoms with Crippen LogP contribution in [0.2, 0.25) is 0 Å². The third kappa shape index (κ3) is 4.10. The fourth-order valence-corrected chi connectivity index (χ4v) is 1.15. The van der Waals surface area contributed by atoms with E-state index in [-0.39, 0.29) is 6.61 Å². The van der Waals surface area contributed by atoms with Crippen LogP contribution < -0.4 is 0 Å². The maximum Gasteiger partial charge on any atom is 0.333 e. The molecule has 0 aliphatic rings. The summed E-state index contributed by atoms with van der Waals surface area (Å²) in [5.41, 5.74) is 0.805. The van der Waals surface area contributed by atoms with E-state index in [2.05, 4.69) is 0 Å². The summed E-state index contributed by atoms with van der Waals surface area (Å²) in [6.45, 7) is 0.0884. The third-order valence-electron chi connectivity index (χ3n) is 1.93. The summed E-state index contributed by atoms with van der Waals surface area (Å²) in [4.78, 5) is 21.1. The maximum atomic E-state index is 10.7. The van der Waals surface area contributed by atoms with Crippen LogP contribution in [0.25, 0.3) is 0 Å². The van der Waals surface area contributed by atoms with Crippen molar-refractivity contribution in [1.82, 2.24) is 0 Å². The first-order chi connectivity index (χ1) is 7.59. The summed E-state index contributed by atoms with van der Waals surface area (Å²) in [6.07, 6.45) is -1.85. The molecule has 0 saturated heterocycles. The maximum absolute atomic E-state index is 10.7. The number of carbonyl (C=O) groups is 2. The molecule has 0 heterocycles. The Bertz CT molecular complexity index is 360. The standard InChI is InChI=1S/C11H12O5/c12-10(13)6-9(11(14)15)16-7-8-4-2-1-3-5-8/h1-5,9H,6-7H2,(H,12,13)(H,14,15). The zero-order valence-electron chi connectivity index (χ0n) is 8.50. The first-order valence-corrected chi connectivity index (χ1v) is 4.69. The second-order valence-electron chi connectivity index (χ2n) is 3.22. The van der Waals surface area contributed by atoms with Crippen LogP contribution >= 0.6 is 0 Å². The highest BCUT2D eigenvalue weighted by molar-refractivity contribution is 5.79. The lowest BCUT2D eigenvalue weighted by Crippen LogP contribution is -2.26. The fourth-order valence-electron chi connectivity index (χ4n) is 1.15. The van der Waals surface area contributed by atoms with E-state index in [1.807, 2.05) is 6.07 Å². The molecule has 0 spiro atoms. The Morgan fingerprint density at radius 3 is 2.31 bits per heavy atom. The van der Waals surface area contributed by atoms with E-state index < -0.39 is 24.5 Å². The second-order valence-corrected chi connectivity index (χ2v) is 3.22. The van der Waals surface area contributed by atoms with Gasteiger partial charge in [0.15, 0.2) is 6.10 Å². The van der Waals surface area contributed by atoms with E-state index in [1.165, 1.54) is 0 Å². The lowest BCUT2D eigenvalue weighted by Gasteiger charge is -2.11. The summed E-state index contributed by atoms with van der Waals surface area (Å²) in [7, 11) is 0. The van der Waals surface area contributed by atoms with Crippen molar-refractivity contribution < 1.29 is 24.5 Å². The van der Waals surface area contributed by atoms with Gasteiger partial charge in [-0.05, 0) is 5.56 Å². The quantitative estimate of drug-likeness (QED) is 0.756. The average molecular weight is 224 g/mol. The van der Waals surface area contributed by atoms with E-state index in [1.54, 1.807) is 24.3 Å². The van der Waals surface area contributed by atoms with Crippen LogP contribution in [0, 0.1) is 0 Å². The van der Waals surface area contributed by atoms with Crippen molar-refractivity contribution >= 4 is 11.9 Å². The van der Waals surface area contributed by atoms with E-state index in [0.29, 0.717) is 0 Å². The van der Waals surface area contributed by atoms with Crippen molar-refractivity contribution in [2.45, 2.75) is 19.1 Å². The van der Waals surface area contributed by atoms with Crippen molar-refractivity contribution in [2.75, 3.05) is 0 Å². The van der Waals surface area contributed by atoms with Gasteiger partial charge in [0.1, 0.15) is 0 Å². The molecule has 0 amide bonds. The lowest BCUT2D eigenvalue weighted by molar-refractivity contribution is -0.157. The van der Waals surface area contributed by atoms with Gasteiger partial charge in [0.25, 0.3) is 0 Å². The molecule has 1 atom stereocenters. The number of ether oxygens (including phenoxy) is 1. The summed E-state index contributed by atoms with van der Waals surface area (Å²) in [5.74, 6) is -2.46. The molecule has 0 aliphatic heterocycles. The molecule has 1 unspecified atom stereocenters. The van der Waals surface area contributed by atoms with E-state index >= 15 is 0 Å². The van der Waals surface area contributed by atoms with Gasteiger partial charge in [-0.3, -0.25) is 4.79 Å². The highest BCUT2D eigenvalue weighted by Crippen LogP contribution is 2.06. The second kappa shape index (κ2) is 5.87. The molecule has 1 rings (SSSR count). The van der Waals surface area contributed by atoms with Crippen molar-refractivity contribution in [3.8, 4) is 0 Å². The van der Waals surface area contributed by atoms with Gasteiger partial charge in [0, 0.05) is 0 Å². The number of benzene rings is 1. The summed E-state index contributed by atoms with van der Waals surface area (Å²) >= 11 is 0. The molecular formula is C11H12O5. The number of aliphatic carboxylic acids is 2. The predicted molar refractivity (Wildman–Crippen MR) is 54.9 cm³/mol. The molecule has 1 aromatic carbocycles. The minimum Gasteiger partial charge on any atom is -0.481 e. The third-order valence-corrected chi connectivity index (χ3v) is 1.93. The smallest absolute Gasteiger partial charge is 0.333 e. The number of hydrogen-bond donors (Lipinski definition) is 2. The normalized spacial score (nSPS) is 12.0. The van der Waals surface area contributed by atoms with Crippen LogP contribution in [0.4, 0.5) is 0 Å². The lowest BCUT2D eigenvalue weighted by atomic mass is 10.2. The van der Waals surface area contributed by atoms with Crippen LogP contribution in [-0.2, 0) is 20.9 Å². The molecule has 5 nitrogen and oxygen atoms in total. The molecule has 86 valence electrons. The number of hydrogen-bond acceptors (Lipinski definition) is 3. The monoisotopic (exact) mass is 224 g/mol. The molecular weight excluding hydrogens is 212 g/mol. The molecule has 0 fully saturated rings. The van der Waals surface area contributed by atoms with Gasteiger partial charge < -0.3 is 14.9 Å². The molecule has 1 aromatic rings. The minimum atomic E-state index is -1.31. The van der Waals surface area contributed by atoms with Crippen molar-refractivity contribution in [1.29, 1.82) is 0 Å². The van der Waals surface area contributed by atoms with E-state index in [4.69, 9.17) is 14.9 Å². The van der Waals surface area contributed by atoms with Gasteiger partial charge in [-0.25, -0.2) is 4.79 Å². The first-order valence-electron chi connectivity index (χ1n) is 4.69. The Morgan fingerprint density at radius 2 is 1.81 bits per heavy atom. The molecule has 0 aromatic heterocycles. The summed E-state index contributed by atoms with van der Waals surface area (Å²) in [6, 6.07) is 8.98. The van der Waals surface area contributed by atoms with Crippen molar-refractivity contribution in [3.63, 3.8) is 0 Å². The van der Waals surface area contributed by atoms with Crippen LogP contribution in [0.3, 0.4) is 0 Å². The predicted octanol–water partition coefficient (Wildman–Crippen LogP) is 1.13. The van der Waals surface area contributed by atoms with Crippen LogP contribution in [-0.4, -0.2) is 28.3 Å². The Morgan fingerprint density at radius 1 is 1.19 bits per heavy atom. The zero-order chi connectivity index (χ0) is 12.0. The molecule has 2 N–H and O–H groups in total. The SMILES string of the molecule is O=C(O)CC(OCc1ccccc1)C(=O)O. The topological polar surface area (TPSA) is 83.8 Å². The minimum absolute atomic E-state index is 0.0884. The van der Waals surface area contributed by atoms with Crippen LogP contribution in [0.1, 0.15) is 12.0 Å². The summed E-state index contributed by atoms with van der Waals surface area (Å²) < 4.78 is 5.02. The molecule has 0 saturated carbocycles. The van der Waals surface area contributed by atoms with E-state index in [0.717, 1.165) is 5.56 Å². The van der Waals surface area contributed by atoms with Gasteiger partial charge >= 0.3 is 11.9 Å². The van der Waals surface area contributed by atoms with Gasteiger partial charge in [-0.1, -0.05) is 30.3 Å². The fraction of sp³-hybridized carbons (Fsp3) is 0.273. The number of rotatable bonds is 6. The molecule has 0 bridgehead atoms. The molecule has 0 aliphatic carbocycles. The van der Waals surface area contributed by atoms with Crippen LogP contribution in [0.5, 0.6) is 0 Å². The van der Waals surface area contributed by atoms with Gasteiger partial charge in [0.2, 0.25) is 0 Å². The van der Waals surface area contributed by atoms with Crippen molar-refractivity contribution in [3.05, 3.63) is 35.9 Å². The van der Waals surface area contributed by atoms with Gasteiger partial charge in [-0.2, -0.15) is 0 Å². The molecule has 0 radical (unpaired) electrons. The zero-order valence-corrected chi connectivity index (χ0v) is 8.50. The molecule has 5 heteroatoms. The van der Waals surface area contributed by atoms with Gasteiger partial charge in [0.05, 0.1) is 13.0 Å². The first kappa shape index (κ1) is 12.2. The molecule has 16 heavy (non-hydrogen) atoms. The van der Waals surface area contributed by atoms with E-state index in [9.17, 15) is 9.59 Å². The highest BCUT2D eigenvalue weighted by atomic mass is 16.5. The van der Waals surface area contributed by atoms with Crippen LogP contribution in [0.15, 0.2) is 30.3 Å². The summed E-state index contributed by atoms with van der Waals surface area (Å²) in [5, 5.41) is 17.2. The Kier molecular flexibility index (Phi) is 4.47. The largest absolute Gasteiger partial charge is 0.481 e. The van der Waals surface area contributed by atoms with Crippen molar-refractivity contribution in [2.24, 2.45) is 0 Å². The Labute approximate surface area is 92.3 Å². The highest BCUT2D eigenvalue weighted by Gasteiger charge is 2.21. The number of carboxylic acids is 2. The Hall–Kier alpha value is -1.88. The Balaban J connectivity index is 2.50. The average Bonchev–Trinajstić information content (AvgIpc) is 2.25. The van der Waals surface area contributed by atoms with Gasteiger partial charge in [-0.15, -0.1) is 0 Å². The number of carboxylic acid groups (broad SMARTS) is 2.